The standard InChI is InChI=1S/C9H9Cl2N3O3/c10-6-2-1-4(7(11)14-6)9(17)13-3-5(15)8(12)16/h1-2,5,15H,3H2,(H2,12,16)(H,13,17). The molecule has 1 unspecified atom stereocenters. The van der Waals surface area contributed by atoms with E-state index in [0.29, 0.717) is 0 Å². The molecule has 0 spiro atoms. The van der Waals surface area contributed by atoms with Crippen LogP contribution in [0, 0.1) is 0 Å². The molecule has 1 aromatic rings. The maximum absolute atomic E-state index is 11.6. The Morgan fingerprint density at radius 1 is 1.47 bits per heavy atom. The van der Waals surface area contributed by atoms with Gasteiger partial charge < -0.3 is 16.2 Å². The third-order valence-electron chi connectivity index (χ3n) is 1.84. The number of hydrogen-bond donors (Lipinski definition) is 3. The van der Waals surface area contributed by atoms with Crippen molar-refractivity contribution < 1.29 is 14.7 Å². The number of hydrogen-bond acceptors (Lipinski definition) is 4. The zero-order chi connectivity index (χ0) is 13.0. The lowest BCUT2D eigenvalue weighted by atomic mass is 10.2. The minimum Gasteiger partial charge on any atom is -0.381 e. The quantitative estimate of drug-likeness (QED) is 0.672. The van der Waals surface area contributed by atoms with E-state index in [2.05, 4.69) is 10.3 Å². The molecule has 0 fully saturated rings. The van der Waals surface area contributed by atoms with E-state index in [1.165, 1.54) is 12.1 Å². The minimum atomic E-state index is -1.45. The highest BCUT2D eigenvalue weighted by Crippen LogP contribution is 2.16. The van der Waals surface area contributed by atoms with Crippen molar-refractivity contribution in [1.29, 1.82) is 0 Å². The number of carbonyl (C=O) groups excluding carboxylic acids is 2. The first-order valence-corrected chi connectivity index (χ1v) is 5.25. The van der Waals surface area contributed by atoms with Crippen LogP contribution < -0.4 is 11.1 Å². The fourth-order valence-corrected chi connectivity index (χ4v) is 1.40. The van der Waals surface area contributed by atoms with Crippen LogP contribution in [0.25, 0.3) is 0 Å². The molecule has 0 aliphatic carbocycles. The number of nitrogens with one attached hydrogen (secondary N) is 1. The third-order valence-corrected chi connectivity index (χ3v) is 2.34. The molecule has 8 heteroatoms. The Hall–Kier alpha value is -1.37. The van der Waals surface area contributed by atoms with Gasteiger partial charge in [0.1, 0.15) is 16.4 Å². The van der Waals surface area contributed by atoms with Gasteiger partial charge in [-0.1, -0.05) is 23.2 Å². The molecule has 1 aromatic heterocycles. The predicted octanol–water partition coefficient (Wildman–Crippen LogP) is -0.0356. The number of nitrogens with two attached hydrogens (primary N) is 1. The van der Waals surface area contributed by atoms with Crippen LogP contribution in [-0.2, 0) is 4.79 Å². The number of primary amides is 1. The van der Waals surface area contributed by atoms with E-state index < -0.39 is 17.9 Å². The molecule has 1 heterocycles. The lowest BCUT2D eigenvalue weighted by molar-refractivity contribution is -0.125. The Kier molecular flexibility index (Phi) is 4.68. The first-order chi connectivity index (χ1) is 7.91. The number of aromatic nitrogens is 1. The fourth-order valence-electron chi connectivity index (χ4n) is 0.967. The van der Waals surface area contributed by atoms with Gasteiger partial charge in [0, 0.05) is 0 Å². The summed E-state index contributed by atoms with van der Waals surface area (Å²) in [7, 11) is 0. The molecule has 0 aromatic carbocycles. The summed E-state index contributed by atoms with van der Waals surface area (Å²) < 4.78 is 0. The van der Waals surface area contributed by atoms with Gasteiger partial charge in [-0.05, 0) is 12.1 Å². The van der Waals surface area contributed by atoms with Crippen LogP contribution in [0.3, 0.4) is 0 Å². The number of carbonyl (C=O) groups is 2. The number of aliphatic hydroxyl groups is 1. The van der Waals surface area contributed by atoms with Crippen LogP contribution in [0.4, 0.5) is 0 Å². The molecule has 0 bridgehead atoms. The molecule has 0 aliphatic rings. The van der Waals surface area contributed by atoms with Crippen LogP contribution in [0.1, 0.15) is 10.4 Å². The van der Waals surface area contributed by atoms with Crippen LogP contribution in [0.15, 0.2) is 12.1 Å². The Morgan fingerprint density at radius 3 is 2.65 bits per heavy atom. The normalized spacial score (nSPS) is 11.9. The highest BCUT2D eigenvalue weighted by Gasteiger charge is 2.15. The summed E-state index contributed by atoms with van der Waals surface area (Å²) in [6.45, 7) is -0.298. The number of halogens is 2. The molecule has 17 heavy (non-hydrogen) atoms. The van der Waals surface area contributed by atoms with Gasteiger partial charge in [-0.2, -0.15) is 0 Å². The SMILES string of the molecule is NC(=O)C(O)CNC(=O)c1ccc(Cl)nc1Cl. The summed E-state index contributed by atoms with van der Waals surface area (Å²) in [4.78, 5) is 25.8. The number of pyridine rings is 1. The van der Waals surface area contributed by atoms with Crippen molar-refractivity contribution in [2.75, 3.05) is 6.54 Å². The highest BCUT2D eigenvalue weighted by molar-refractivity contribution is 6.34. The molecule has 6 nitrogen and oxygen atoms in total. The second-order valence-corrected chi connectivity index (χ2v) is 3.85. The summed E-state index contributed by atoms with van der Waals surface area (Å²) in [5, 5.41) is 11.4. The average Bonchev–Trinajstić information content (AvgIpc) is 2.25. The molecule has 92 valence electrons. The number of nitrogens with zero attached hydrogens (tertiary/aromatic N) is 1. The maximum atomic E-state index is 11.6. The molecule has 0 radical (unpaired) electrons. The van der Waals surface area contributed by atoms with Gasteiger partial charge in [0.25, 0.3) is 5.91 Å². The maximum Gasteiger partial charge on any atom is 0.254 e. The van der Waals surface area contributed by atoms with Gasteiger partial charge in [-0.25, -0.2) is 4.98 Å². The predicted molar refractivity (Wildman–Crippen MR) is 61.8 cm³/mol. The largest absolute Gasteiger partial charge is 0.381 e. The van der Waals surface area contributed by atoms with Crippen LogP contribution >= 0.6 is 23.2 Å². The Balaban J connectivity index is 2.67. The molecular formula is C9H9Cl2N3O3. The van der Waals surface area contributed by atoms with Crippen LogP contribution in [0.2, 0.25) is 10.3 Å². The van der Waals surface area contributed by atoms with E-state index in [9.17, 15) is 9.59 Å². The number of rotatable bonds is 4. The first-order valence-electron chi connectivity index (χ1n) is 4.49. The molecule has 4 N–H and O–H groups in total. The summed E-state index contributed by atoms with van der Waals surface area (Å²) in [6, 6.07) is 2.77. The lowest BCUT2D eigenvalue weighted by Gasteiger charge is -2.09. The van der Waals surface area contributed by atoms with Gasteiger partial charge in [0.15, 0.2) is 0 Å². The van der Waals surface area contributed by atoms with Crippen molar-refractivity contribution in [1.82, 2.24) is 10.3 Å². The third kappa shape index (κ3) is 3.85. The van der Waals surface area contributed by atoms with Crippen molar-refractivity contribution in [3.63, 3.8) is 0 Å². The number of aliphatic hydroxyl groups excluding tert-OH is 1. The van der Waals surface area contributed by atoms with E-state index in [1.807, 2.05) is 0 Å². The zero-order valence-corrected chi connectivity index (χ0v) is 10.00. The summed E-state index contributed by atoms with van der Waals surface area (Å²) in [5.41, 5.74) is 4.91. The Bertz CT molecular complexity index is 453. The highest BCUT2D eigenvalue weighted by atomic mass is 35.5. The molecule has 0 saturated carbocycles. The second kappa shape index (κ2) is 5.81. The molecule has 1 rings (SSSR count). The van der Waals surface area contributed by atoms with E-state index >= 15 is 0 Å². The smallest absolute Gasteiger partial charge is 0.254 e. The Labute approximate surface area is 107 Å². The topological polar surface area (TPSA) is 105 Å². The molecule has 0 aliphatic heterocycles. The van der Waals surface area contributed by atoms with Crippen LogP contribution in [0.5, 0.6) is 0 Å². The molecular weight excluding hydrogens is 269 g/mol. The molecule has 2 amide bonds. The Morgan fingerprint density at radius 2 is 2.12 bits per heavy atom. The van der Waals surface area contributed by atoms with Crippen molar-refractivity contribution >= 4 is 35.0 Å². The monoisotopic (exact) mass is 277 g/mol. The summed E-state index contributed by atoms with van der Waals surface area (Å²) in [6.07, 6.45) is -1.45. The van der Waals surface area contributed by atoms with E-state index in [1.54, 1.807) is 0 Å². The van der Waals surface area contributed by atoms with Gasteiger partial charge >= 0.3 is 0 Å². The van der Waals surface area contributed by atoms with Gasteiger partial charge in [-0.15, -0.1) is 0 Å². The van der Waals surface area contributed by atoms with E-state index in [0.717, 1.165) is 0 Å². The first kappa shape index (κ1) is 13.7. The van der Waals surface area contributed by atoms with Crippen molar-refractivity contribution in [2.24, 2.45) is 5.73 Å². The minimum absolute atomic E-state index is 0.0661. The average molecular weight is 278 g/mol. The molecule has 0 saturated heterocycles. The van der Waals surface area contributed by atoms with Crippen molar-refractivity contribution in [3.05, 3.63) is 28.0 Å². The van der Waals surface area contributed by atoms with Gasteiger partial charge in [0.2, 0.25) is 5.91 Å². The zero-order valence-electron chi connectivity index (χ0n) is 8.48. The fraction of sp³-hybridized carbons (Fsp3) is 0.222. The van der Waals surface area contributed by atoms with Gasteiger partial charge in [-0.3, -0.25) is 9.59 Å². The lowest BCUT2D eigenvalue weighted by Crippen LogP contribution is -2.40. The molecule has 1 atom stereocenters. The summed E-state index contributed by atoms with van der Waals surface area (Å²) >= 11 is 11.3. The van der Waals surface area contributed by atoms with E-state index in [4.69, 9.17) is 34.0 Å². The second-order valence-electron chi connectivity index (χ2n) is 3.10. The number of amides is 2. The van der Waals surface area contributed by atoms with E-state index in [-0.39, 0.29) is 22.4 Å². The van der Waals surface area contributed by atoms with Gasteiger partial charge in [0.05, 0.1) is 12.1 Å². The summed E-state index contributed by atoms with van der Waals surface area (Å²) in [5.74, 6) is -1.51. The van der Waals surface area contributed by atoms with Crippen LogP contribution in [-0.4, -0.2) is 34.6 Å². The van der Waals surface area contributed by atoms with Crippen molar-refractivity contribution in [2.45, 2.75) is 6.10 Å². The van der Waals surface area contributed by atoms with Crippen molar-refractivity contribution in [3.8, 4) is 0 Å².